The molecular weight excluding hydrogens is 601 g/mol. The highest BCUT2D eigenvalue weighted by Gasteiger charge is 2.36. The molecule has 46 heavy (non-hydrogen) atoms. The molecule has 0 aliphatic carbocycles. The molecule has 4 aromatic carbocycles. The summed E-state index contributed by atoms with van der Waals surface area (Å²) in [5.74, 6) is -1.61. The van der Waals surface area contributed by atoms with Crippen LogP contribution in [-0.4, -0.2) is 43.3 Å². The lowest BCUT2D eigenvalue weighted by Gasteiger charge is -2.35. The lowest BCUT2D eigenvalue weighted by Crippen LogP contribution is -2.56. The van der Waals surface area contributed by atoms with Gasteiger partial charge < -0.3 is 10.2 Å². The molecule has 1 atom stereocenters. The second-order valence-corrected chi connectivity index (χ2v) is 14.5. The predicted octanol–water partition coefficient (Wildman–Crippen LogP) is 6.50. The molecule has 7 nitrogen and oxygen atoms in total. The molecule has 2 amide bonds. The van der Waals surface area contributed by atoms with Gasteiger partial charge in [0.1, 0.15) is 18.4 Å². The Morgan fingerprint density at radius 3 is 2.07 bits per heavy atom. The van der Waals surface area contributed by atoms with Crippen LogP contribution in [0.5, 0.6) is 0 Å². The topological polar surface area (TPSA) is 86.8 Å². The first-order chi connectivity index (χ1) is 21.7. The molecule has 0 saturated heterocycles. The number of hydrogen-bond donors (Lipinski definition) is 1. The van der Waals surface area contributed by atoms with E-state index in [9.17, 15) is 18.0 Å². The number of rotatable bonds is 11. The monoisotopic (exact) mass is 643 g/mol. The maximum absolute atomic E-state index is 15.1. The number of nitrogens with zero attached hydrogens (tertiary/aromatic N) is 2. The molecule has 1 N–H and O–H groups in total. The van der Waals surface area contributed by atoms with Crippen LogP contribution in [0.1, 0.15) is 48.6 Å². The van der Waals surface area contributed by atoms with E-state index in [1.54, 1.807) is 49.4 Å². The highest BCUT2D eigenvalue weighted by atomic mass is 32.2. The van der Waals surface area contributed by atoms with Gasteiger partial charge in [0.25, 0.3) is 10.0 Å². The molecular formula is C37H42FN3O4S. The third-order valence-electron chi connectivity index (χ3n) is 7.59. The summed E-state index contributed by atoms with van der Waals surface area (Å²) in [4.78, 5) is 29.9. The summed E-state index contributed by atoms with van der Waals surface area (Å²) in [6.45, 7) is 10.1. The van der Waals surface area contributed by atoms with E-state index >= 15 is 4.39 Å². The number of anilines is 1. The minimum Gasteiger partial charge on any atom is -0.350 e. The van der Waals surface area contributed by atoms with Gasteiger partial charge in [-0.2, -0.15) is 0 Å². The maximum atomic E-state index is 15.1. The third kappa shape index (κ3) is 8.60. The number of nitrogens with one attached hydrogen (secondary N) is 1. The van der Waals surface area contributed by atoms with Crippen LogP contribution in [-0.2, 0) is 32.6 Å². The minimum absolute atomic E-state index is 0.0266. The lowest BCUT2D eigenvalue weighted by atomic mass is 10.0. The van der Waals surface area contributed by atoms with Gasteiger partial charge in [-0.25, -0.2) is 12.8 Å². The zero-order valence-corrected chi connectivity index (χ0v) is 28.1. The van der Waals surface area contributed by atoms with Crippen LogP contribution >= 0.6 is 0 Å². The fourth-order valence-electron chi connectivity index (χ4n) is 5.16. The van der Waals surface area contributed by atoms with Gasteiger partial charge >= 0.3 is 0 Å². The van der Waals surface area contributed by atoms with Crippen LogP contribution < -0.4 is 9.62 Å². The first kappa shape index (κ1) is 34.4. The van der Waals surface area contributed by atoms with E-state index in [1.807, 2.05) is 71.0 Å². The van der Waals surface area contributed by atoms with E-state index < -0.39 is 45.8 Å². The molecule has 0 saturated carbocycles. The Balaban J connectivity index is 1.86. The van der Waals surface area contributed by atoms with E-state index in [0.717, 1.165) is 21.0 Å². The number of benzene rings is 4. The molecule has 242 valence electrons. The molecule has 0 bridgehead atoms. The van der Waals surface area contributed by atoms with E-state index in [0.29, 0.717) is 11.3 Å². The molecule has 0 radical (unpaired) electrons. The average Bonchev–Trinajstić information content (AvgIpc) is 2.99. The van der Waals surface area contributed by atoms with Gasteiger partial charge in [-0.3, -0.25) is 13.9 Å². The average molecular weight is 644 g/mol. The van der Waals surface area contributed by atoms with Crippen molar-refractivity contribution in [3.63, 3.8) is 0 Å². The number of amides is 2. The molecule has 0 aromatic heterocycles. The first-order valence-corrected chi connectivity index (χ1v) is 16.7. The number of aryl methyl sites for hydroxylation is 3. The Bertz CT molecular complexity index is 1790. The van der Waals surface area contributed by atoms with Gasteiger partial charge in [-0.1, -0.05) is 78.4 Å². The summed E-state index contributed by atoms with van der Waals surface area (Å²) < 4.78 is 44.7. The Labute approximate surface area is 272 Å². The van der Waals surface area contributed by atoms with Crippen molar-refractivity contribution in [3.8, 4) is 0 Å². The minimum atomic E-state index is -4.24. The van der Waals surface area contributed by atoms with Gasteiger partial charge in [0.05, 0.1) is 10.6 Å². The van der Waals surface area contributed by atoms with E-state index in [2.05, 4.69) is 5.32 Å². The van der Waals surface area contributed by atoms with E-state index in [1.165, 1.54) is 23.1 Å². The quantitative estimate of drug-likeness (QED) is 0.202. The Morgan fingerprint density at radius 1 is 0.826 bits per heavy atom. The first-order valence-electron chi connectivity index (χ1n) is 15.2. The third-order valence-corrected chi connectivity index (χ3v) is 9.36. The largest absolute Gasteiger partial charge is 0.350 e. The van der Waals surface area contributed by atoms with Crippen molar-refractivity contribution >= 4 is 27.5 Å². The van der Waals surface area contributed by atoms with Gasteiger partial charge in [-0.15, -0.1) is 0 Å². The number of halogens is 1. The molecule has 9 heteroatoms. The van der Waals surface area contributed by atoms with Crippen LogP contribution in [0.15, 0.2) is 102 Å². The SMILES string of the molecule is Cc1ccc(S(=O)(=O)N(CC(=O)N(Cc2ccccc2F)C(Cc2ccccc2)C(=O)NC(C)(C)C)c2cc(C)ccc2C)cc1. The van der Waals surface area contributed by atoms with Gasteiger partial charge in [0.15, 0.2) is 0 Å². The van der Waals surface area contributed by atoms with Crippen LogP contribution in [0.4, 0.5) is 10.1 Å². The van der Waals surface area contributed by atoms with Crippen molar-refractivity contribution < 1.29 is 22.4 Å². The normalized spacial score (nSPS) is 12.3. The van der Waals surface area contributed by atoms with Gasteiger partial charge in [-0.05, 0) is 82.5 Å². The Morgan fingerprint density at radius 2 is 1.43 bits per heavy atom. The molecule has 0 heterocycles. The summed E-state index contributed by atoms with van der Waals surface area (Å²) in [6.07, 6.45) is 0.136. The lowest BCUT2D eigenvalue weighted by molar-refractivity contribution is -0.140. The number of sulfonamides is 1. The summed E-state index contributed by atoms with van der Waals surface area (Å²) in [6, 6.07) is 26.1. The summed E-state index contributed by atoms with van der Waals surface area (Å²) >= 11 is 0. The highest BCUT2D eigenvalue weighted by molar-refractivity contribution is 7.92. The summed E-state index contributed by atoms with van der Waals surface area (Å²) in [5.41, 5.74) is 3.07. The van der Waals surface area contributed by atoms with Crippen molar-refractivity contribution in [2.75, 3.05) is 10.8 Å². The van der Waals surface area contributed by atoms with Crippen molar-refractivity contribution in [1.82, 2.24) is 10.2 Å². The fraction of sp³-hybridized carbons (Fsp3) is 0.297. The van der Waals surface area contributed by atoms with Crippen LogP contribution in [0.2, 0.25) is 0 Å². The van der Waals surface area contributed by atoms with Crippen molar-refractivity contribution in [3.05, 3.63) is 131 Å². The second kappa shape index (κ2) is 14.3. The Hall–Kier alpha value is -4.50. The standard InChI is InChI=1S/C37H42FN3O4S/c1-26-17-20-31(21-18-26)46(44,45)41(33-22-27(2)16-19-28(33)3)25-35(42)40(24-30-14-10-11-15-32(30)38)34(36(43)39-37(4,5)6)23-29-12-8-7-9-13-29/h7-22,34H,23-25H2,1-6H3,(H,39,43). The molecule has 0 aliphatic rings. The predicted molar refractivity (Wildman–Crippen MR) is 180 cm³/mol. The smallest absolute Gasteiger partial charge is 0.264 e. The summed E-state index contributed by atoms with van der Waals surface area (Å²) in [7, 11) is -4.24. The van der Waals surface area contributed by atoms with Crippen LogP contribution in [0.3, 0.4) is 0 Å². The zero-order valence-electron chi connectivity index (χ0n) is 27.2. The molecule has 4 aromatic rings. The number of carbonyl (C=O) groups excluding carboxylic acids is 2. The van der Waals surface area contributed by atoms with Crippen LogP contribution in [0.25, 0.3) is 0 Å². The number of hydrogen-bond acceptors (Lipinski definition) is 4. The van der Waals surface area contributed by atoms with E-state index in [-0.39, 0.29) is 23.4 Å². The van der Waals surface area contributed by atoms with Gasteiger partial charge in [0, 0.05) is 24.1 Å². The fourth-order valence-corrected chi connectivity index (χ4v) is 6.63. The molecule has 0 aliphatic heterocycles. The molecule has 4 rings (SSSR count). The molecule has 0 spiro atoms. The zero-order chi connectivity index (χ0) is 33.6. The van der Waals surface area contributed by atoms with Gasteiger partial charge in [0.2, 0.25) is 11.8 Å². The highest BCUT2D eigenvalue weighted by Crippen LogP contribution is 2.29. The second-order valence-electron chi connectivity index (χ2n) is 12.7. The Kier molecular flexibility index (Phi) is 10.7. The molecule has 1 unspecified atom stereocenters. The van der Waals surface area contributed by atoms with Crippen molar-refractivity contribution in [1.29, 1.82) is 0 Å². The van der Waals surface area contributed by atoms with Crippen molar-refractivity contribution in [2.45, 2.75) is 71.0 Å². The summed E-state index contributed by atoms with van der Waals surface area (Å²) in [5, 5.41) is 2.98. The van der Waals surface area contributed by atoms with Crippen LogP contribution in [0, 0.1) is 26.6 Å². The number of carbonyl (C=O) groups is 2. The van der Waals surface area contributed by atoms with Crippen molar-refractivity contribution in [2.24, 2.45) is 0 Å². The maximum Gasteiger partial charge on any atom is 0.264 e. The molecule has 0 fully saturated rings. The van der Waals surface area contributed by atoms with E-state index in [4.69, 9.17) is 0 Å².